The maximum atomic E-state index is 14.4. The molecule has 0 radical (unpaired) electrons. The Hall–Kier alpha value is -3.17. The van der Waals surface area contributed by atoms with E-state index in [9.17, 15) is 13.2 Å². The average molecular weight is 621 g/mol. The Labute approximate surface area is 261 Å². The van der Waals surface area contributed by atoms with Gasteiger partial charge in [-0.15, -0.1) is 12.4 Å². The Morgan fingerprint density at radius 1 is 0.744 bits per heavy atom. The molecule has 4 aromatic rings. The van der Waals surface area contributed by atoms with Gasteiger partial charge in [-0.3, -0.25) is 4.79 Å². The normalized spacial score (nSPS) is 15.9. The van der Waals surface area contributed by atoms with E-state index in [4.69, 9.17) is 0 Å². The molecular weight excluding hydrogens is 580 g/mol. The number of nitrogens with zero attached hydrogens (tertiary/aromatic N) is 3. The minimum absolute atomic E-state index is 0. The SMILES string of the molecule is Cl.O=C1CCCN1CCCNS(=O)(=O)c1c(C(c2ccccc2)c2ccccc2)c2ccccc2n1CCN1CCCC1. The minimum atomic E-state index is -3.91. The third-order valence-corrected chi connectivity index (χ3v) is 10.2. The van der Waals surface area contributed by atoms with Crippen molar-refractivity contribution >= 4 is 39.2 Å². The van der Waals surface area contributed by atoms with Crippen molar-refractivity contribution in [3.63, 3.8) is 0 Å². The summed E-state index contributed by atoms with van der Waals surface area (Å²) in [6, 6.07) is 28.5. The lowest BCUT2D eigenvalue weighted by atomic mass is 9.85. The van der Waals surface area contributed by atoms with Crippen molar-refractivity contribution in [3.05, 3.63) is 102 Å². The first-order valence-electron chi connectivity index (χ1n) is 15.2. The highest BCUT2D eigenvalue weighted by molar-refractivity contribution is 7.89. The van der Waals surface area contributed by atoms with Gasteiger partial charge < -0.3 is 14.4 Å². The first-order valence-corrected chi connectivity index (χ1v) is 16.7. The maximum Gasteiger partial charge on any atom is 0.256 e. The Balaban J connectivity index is 0.00000368. The fourth-order valence-electron chi connectivity index (χ4n) is 6.65. The number of fused-ring (bicyclic) bond motifs is 1. The predicted octanol–water partition coefficient (Wildman–Crippen LogP) is 5.63. The highest BCUT2D eigenvalue weighted by atomic mass is 35.5. The van der Waals surface area contributed by atoms with E-state index in [1.54, 1.807) is 0 Å². The second-order valence-corrected chi connectivity index (χ2v) is 13.1. The van der Waals surface area contributed by atoms with Gasteiger partial charge >= 0.3 is 0 Å². The maximum absolute atomic E-state index is 14.4. The molecular formula is C34H41ClN4O3S. The van der Waals surface area contributed by atoms with Crippen molar-refractivity contribution in [3.8, 4) is 0 Å². The molecule has 2 fully saturated rings. The lowest BCUT2D eigenvalue weighted by molar-refractivity contribution is -0.127. The molecule has 1 amide bonds. The highest BCUT2D eigenvalue weighted by Crippen LogP contribution is 2.42. The van der Waals surface area contributed by atoms with E-state index < -0.39 is 10.0 Å². The Morgan fingerprint density at radius 3 is 2.00 bits per heavy atom. The molecule has 43 heavy (non-hydrogen) atoms. The molecule has 2 aliphatic heterocycles. The second-order valence-electron chi connectivity index (χ2n) is 11.4. The zero-order valence-electron chi connectivity index (χ0n) is 24.5. The molecule has 228 valence electrons. The molecule has 1 N–H and O–H groups in total. The van der Waals surface area contributed by atoms with Gasteiger partial charge in [0.25, 0.3) is 10.0 Å². The van der Waals surface area contributed by atoms with Crippen LogP contribution in [-0.4, -0.2) is 68.0 Å². The summed E-state index contributed by atoms with van der Waals surface area (Å²) in [5.74, 6) is -0.102. The molecule has 3 aromatic carbocycles. The fraction of sp³-hybridized carbons (Fsp3) is 0.382. The second kappa shape index (κ2) is 14.1. The van der Waals surface area contributed by atoms with Crippen molar-refractivity contribution < 1.29 is 13.2 Å². The molecule has 7 nitrogen and oxygen atoms in total. The molecule has 0 atom stereocenters. The average Bonchev–Trinajstić information content (AvgIpc) is 3.76. The quantitative estimate of drug-likeness (QED) is 0.208. The van der Waals surface area contributed by atoms with Gasteiger partial charge in [-0.25, -0.2) is 13.1 Å². The lowest BCUT2D eigenvalue weighted by Crippen LogP contribution is -2.33. The summed E-state index contributed by atoms with van der Waals surface area (Å²) in [5, 5.41) is 1.30. The number of hydrogen-bond acceptors (Lipinski definition) is 4. The van der Waals surface area contributed by atoms with Crippen LogP contribution in [-0.2, 0) is 21.4 Å². The van der Waals surface area contributed by atoms with Crippen LogP contribution in [0, 0.1) is 0 Å². The zero-order chi connectivity index (χ0) is 28.9. The van der Waals surface area contributed by atoms with Crippen molar-refractivity contribution in [1.29, 1.82) is 0 Å². The number of carbonyl (C=O) groups excluding carboxylic acids is 1. The monoisotopic (exact) mass is 620 g/mol. The van der Waals surface area contributed by atoms with E-state index >= 15 is 0 Å². The van der Waals surface area contributed by atoms with E-state index in [0.29, 0.717) is 31.0 Å². The van der Waals surface area contributed by atoms with Crippen molar-refractivity contribution in [2.45, 2.75) is 49.6 Å². The first kappa shape index (κ1) is 31.3. The fourth-order valence-corrected chi connectivity index (χ4v) is 8.19. The molecule has 0 unspecified atom stereocenters. The molecule has 0 aliphatic carbocycles. The number of benzene rings is 3. The van der Waals surface area contributed by atoms with Crippen LogP contribution >= 0.6 is 12.4 Å². The molecule has 0 spiro atoms. The van der Waals surface area contributed by atoms with Gasteiger partial charge in [0.1, 0.15) is 0 Å². The van der Waals surface area contributed by atoms with Crippen molar-refractivity contribution in [2.75, 3.05) is 39.3 Å². The summed E-state index contributed by atoms with van der Waals surface area (Å²) in [4.78, 5) is 16.3. The van der Waals surface area contributed by atoms with Crippen LogP contribution in [0.4, 0.5) is 0 Å². The highest BCUT2D eigenvalue weighted by Gasteiger charge is 2.33. The molecule has 1 aromatic heterocycles. The number of hydrogen-bond donors (Lipinski definition) is 1. The summed E-state index contributed by atoms with van der Waals surface area (Å²) in [7, 11) is -3.91. The van der Waals surface area contributed by atoms with Crippen molar-refractivity contribution in [1.82, 2.24) is 19.1 Å². The number of sulfonamides is 1. The molecule has 6 rings (SSSR count). The third kappa shape index (κ3) is 6.83. The van der Waals surface area contributed by atoms with E-state index in [1.165, 1.54) is 12.8 Å². The van der Waals surface area contributed by atoms with E-state index in [-0.39, 0.29) is 30.8 Å². The van der Waals surface area contributed by atoms with Gasteiger partial charge in [-0.05, 0) is 56.0 Å². The van der Waals surface area contributed by atoms with E-state index in [2.05, 4.69) is 40.0 Å². The minimum Gasteiger partial charge on any atom is -0.343 e. The van der Waals surface area contributed by atoms with Gasteiger partial charge in [-0.2, -0.15) is 0 Å². The molecule has 2 saturated heterocycles. The molecule has 9 heteroatoms. The standard InChI is InChI=1S/C34H40N4O3S.ClH/c39-31-19-11-23-37(31)24-12-20-35-42(40,41)34-33(32(27-13-3-1-4-14-27)28-15-5-2-6-16-28)29-17-7-8-18-30(29)38(34)26-25-36-21-9-10-22-36;/h1-8,13-18,32,35H,9-12,19-26H2;1H. The number of rotatable bonds is 12. The van der Waals surface area contributed by atoms with Gasteiger partial charge in [0, 0.05) is 61.5 Å². The van der Waals surface area contributed by atoms with Crippen LogP contribution in [0.2, 0.25) is 0 Å². The smallest absolute Gasteiger partial charge is 0.256 e. The van der Waals surface area contributed by atoms with Crippen LogP contribution in [0.5, 0.6) is 0 Å². The van der Waals surface area contributed by atoms with Crippen molar-refractivity contribution in [2.24, 2.45) is 0 Å². The number of likely N-dealkylation sites (tertiary alicyclic amines) is 2. The first-order chi connectivity index (χ1) is 20.5. The number of halogens is 1. The van der Waals surface area contributed by atoms with Gasteiger partial charge in [0.2, 0.25) is 5.91 Å². The van der Waals surface area contributed by atoms with E-state index in [1.807, 2.05) is 64.1 Å². The number of aromatic nitrogens is 1. The number of amides is 1. The number of nitrogens with one attached hydrogen (secondary N) is 1. The summed E-state index contributed by atoms with van der Waals surface area (Å²) in [5.41, 5.74) is 3.85. The molecule has 0 saturated carbocycles. The summed E-state index contributed by atoms with van der Waals surface area (Å²) in [6.07, 6.45) is 4.43. The van der Waals surface area contributed by atoms with Gasteiger partial charge in [0.05, 0.1) is 0 Å². The van der Waals surface area contributed by atoms with Crippen LogP contribution in [0.15, 0.2) is 90.0 Å². The number of para-hydroxylation sites is 1. The summed E-state index contributed by atoms with van der Waals surface area (Å²) < 4.78 is 33.9. The summed E-state index contributed by atoms with van der Waals surface area (Å²) >= 11 is 0. The number of carbonyl (C=O) groups is 1. The van der Waals surface area contributed by atoms with E-state index in [0.717, 1.165) is 60.2 Å². The predicted molar refractivity (Wildman–Crippen MR) is 174 cm³/mol. The topological polar surface area (TPSA) is 74.6 Å². The van der Waals surface area contributed by atoms with Crippen LogP contribution < -0.4 is 4.72 Å². The lowest BCUT2D eigenvalue weighted by Gasteiger charge is -2.22. The largest absolute Gasteiger partial charge is 0.343 e. The molecule has 2 aliphatic rings. The Morgan fingerprint density at radius 2 is 1.37 bits per heavy atom. The zero-order valence-corrected chi connectivity index (χ0v) is 26.2. The van der Waals surface area contributed by atoms with Crippen LogP contribution in [0.1, 0.15) is 54.7 Å². The van der Waals surface area contributed by atoms with Crippen LogP contribution in [0.25, 0.3) is 10.9 Å². The Bertz CT molecular complexity index is 1580. The van der Waals surface area contributed by atoms with Gasteiger partial charge in [-0.1, -0.05) is 78.9 Å². The third-order valence-electron chi connectivity index (χ3n) is 8.68. The molecule has 3 heterocycles. The van der Waals surface area contributed by atoms with Gasteiger partial charge in [0.15, 0.2) is 5.03 Å². The Kier molecular flexibility index (Phi) is 10.2. The molecule has 0 bridgehead atoms. The van der Waals surface area contributed by atoms with Crippen LogP contribution in [0.3, 0.4) is 0 Å². The summed E-state index contributed by atoms with van der Waals surface area (Å²) in [6.45, 7) is 5.12.